The standard InChI is InChI=1S/C21H17ClN4O3/c22-15-4-1-13(2-5-15)19-12-17(25-26(19)20(27)7-8-21(28)29)14-3-6-16-18(11-14)24-10-9-23-16/h1-6,9-11,19H,7-8,12H2,(H,28,29). The molecule has 4 rings (SSSR count). The van der Waals surface area contributed by atoms with E-state index in [1.807, 2.05) is 30.3 Å². The summed E-state index contributed by atoms with van der Waals surface area (Å²) in [7, 11) is 0. The summed E-state index contributed by atoms with van der Waals surface area (Å²) >= 11 is 5.99. The highest BCUT2D eigenvalue weighted by Gasteiger charge is 2.33. The van der Waals surface area contributed by atoms with Crippen molar-refractivity contribution in [1.29, 1.82) is 0 Å². The Balaban J connectivity index is 1.68. The number of aromatic nitrogens is 2. The molecule has 1 aliphatic heterocycles. The molecule has 1 aromatic heterocycles. The Bertz CT molecular complexity index is 1110. The van der Waals surface area contributed by atoms with Crippen LogP contribution in [0.1, 0.15) is 36.4 Å². The van der Waals surface area contributed by atoms with E-state index in [9.17, 15) is 9.59 Å². The summed E-state index contributed by atoms with van der Waals surface area (Å²) in [5, 5.41) is 15.5. The molecule has 0 fully saturated rings. The first-order valence-corrected chi connectivity index (χ1v) is 9.47. The van der Waals surface area contributed by atoms with Gasteiger partial charge in [-0.3, -0.25) is 19.6 Å². The van der Waals surface area contributed by atoms with Crippen molar-refractivity contribution in [2.75, 3.05) is 0 Å². The molecule has 1 atom stereocenters. The molecule has 8 heteroatoms. The van der Waals surface area contributed by atoms with Crippen LogP contribution in [0.25, 0.3) is 11.0 Å². The summed E-state index contributed by atoms with van der Waals surface area (Å²) in [4.78, 5) is 32.2. The van der Waals surface area contributed by atoms with E-state index in [4.69, 9.17) is 16.7 Å². The zero-order valence-electron chi connectivity index (χ0n) is 15.3. The normalized spacial score (nSPS) is 16.1. The average molecular weight is 409 g/mol. The fraction of sp³-hybridized carbons (Fsp3) is 0.190. The second-order valence-corrected chi connectivity index (χ2v) is 7.15. The van der Waals surface area contributed by atoms with Crippen molar-refractivity contribution in [2.24, 2.45) is 5.10 Å². The summed E-state index contributed by atoms with van der Waals surface area (Å²) in [6, 6.07) is 12.6. The molecule has 0 bridgehead atoms. The van der Waals surface area contributed by atoms with E-state index >= 15 is 0 Å². The van der Waals surface area contributed by atoms with Crippen molar-refractivity contribution in [3.8, 4) is 0 Å². The number of aliphatic carboxylic acids is 1. The third kappa shape index (κ3) is 4.09. The molecule has 146 valence electrons. The first-order valence-electron chi connectivity index (χ1n) is 9.09. The van der Waals surface area contributed by atoms with Crippen molar-refractivity contribution in [3.63, 3.8) is 0 Å². The van der Waals surface area contributed by atoms with E-state index in [1.165, 1.54) is 5.01 Å². The van der Waals surface area contributed by atoms with Crippen LogP contribution in [0.3, 0.4) is 0 Å². The number of carbonyl (C=O) groups is 2. The molecule has 0 saturated heterocycles. The number of hydrogen-bond acceptors (Lipinski definition) is 5. The summed E-state index contributed by atoms with van der Waals surface area (Å²) < 4.78 is 0. The van der Waals surface area contributed by atoms with Crippen molar-refractivity contribution < 1.29 is 14.7 Å². The van der Waals surface area contributed by atoms with Crippen molar-refractivity contribution >= 4 is 40.2 Å². The quantitative estimate of drug-likeness (QED) is 0.692. The first-order chi connectivity index (χ1) is 14.0. The number of carboxylic acids is 1. The van der Waals surface area contributed by atoms with Gasteiger partial charge in [0, 0.05) is 35.8 Å². The Labute approximate surface area is 171 Å². The maximum absolute atomic E-state index is 12.7. The monoisotopic (exact) mass is 408 g/mol. The van der Waals surface area contributed by atoms with E-state index in [0.29, 0.717) is 11.4 Å². The summed E-state index contributed by atoms with van der Waals surface area (Å²) in [6.45, 7) is 0. The summed E-state index contributed by atoms with van der Waals surface area (Å²) in [5.41, 5.74) is 3.99. The second-order valence-electron chi connectivity index (χ2n) is 6.71. The van der Waals surface area contributed by atoms with Crippen LogP contribution in [0, 0.1) is 0 Å². The lowest BCUT2D eigenvalue weighted by atomic mass is 9.98. The van der Waals surface area contributed by atoms with Gasteiger partial charge in [-0.05, 0) is 29.8 Å². The number of carboxylic acid groups (broad SMARTS) is 1. The molecule has 7 nitrogen and oxygen atoms in total. The maximum Gasteiger partial charge on any atom is 0.303 e. The molecule has 1 N–H and O–H groups in total. The highest BCUT2D eigenvalue weighted by atomic mass is 35.5. The SMILES string of the molecule is O=C(O)CCC(=O)N1N=C(c2ccc3nccnc3c2)CC1c1ccc(Cl)cc1. The fourth-order valence-corrected chi connectivity index (χ4v) is 3.46. The molecule has 1 unspecified atom stereocenters. The minimum absolute atomic E-state index is 0.112. The summed E-state index contributed by atoms with van der Waals surface area (Å²) in [6.07, 6.45) is 3.42. The molecule has 29 heavy (non-hydrogen) atoms. The predicted octanol–water partition coefficient (Wildman–Crippen LogP) is 3.83. The van der Waals surface area contributed by atoms with Crippen LogP contribution in [0.15, 0.2) is 60.0 Å². The molecular weight excluding hydrogens is 392 g/mol. The Morgan fingerprint density at radius 3 is 2.48 bits per heavy atom. The van der Waals surface area contributed by atoms with Gasteiger partial charge in [0.05, 0.1) is 29.2 Å². The molecule has 0 aliphatic carbocycles. The van der Waals surface area contributed by atoms with Gasteiger partial charge in [-0.15, -0.1) is 0 Å². The smallest absolute Gasteiger partial charge is 0.303 e. The molecule has 0 radical (unpaired) electrons. The third-order valence-corrected chi connectivity index (χ3v) is 5.03. The molecule has 3 aromatic rings. The van der Waals surface area contributed by atoms with Gasteiger partial charge in [0.25, 0.3) is 0 Å². The number of fused-ring (bicyclic) bond motifs is 1. The van der Waals surface area contributed by atoms with E-state index in [-0.39, 0.29) is 24.8 Å². The van der Waals surface area contributed by atoms with Gasteiger partial charge >= 0.3 is 5.97 Å². The van der Waals surface area contributed by atoms with Crippen LogP contribution in [-0.4, -0.2) is 37.7 Å². The lowest BCUT2D eigenvalue weighted by Gasteiger charge is -2.22. The zero-order valence-corrected chi connectivity index (χ0v) is 16.1. The van der Waals surface area contributed by atoms with Crippen molar-refractivity contribution in [1.82, 2.24) is 15.0 Å². The number of hydrogen-bond donors (Lipinski definition) is 1. The number of hydrazone groups is 1. The lowest BCUT2D eigenvalue weighted by molar-refractivity contribution is -0.141. The molecule has 1 aliphatic rings. The van der Waals surface area contributed by atoms with Crippen LogP contribution < -0.4 is 0 Å². The van der Waals surface area contributed by atoms with Crippen LogP contribution in [0.5, 0.6) is 0 Å². The number of amides is 1. The Hall–Kier alpha value is -3.32. The van der Waals surface area contributed by atoms with Crippen molar-refractivity contribution in [3.05, 3.63) is 71.0 Å². The predicted molar refractivity (Wildman–Crippen MR) is 109 cm³/mol. The zero-order chi connectivity index (χ0) is 20.4. The van der Waals surface area contributed by atoms with Gasteiger partial charge in [0.2, 0.25) is 5.91 Å². The van der Waals surface area contributed by atoms with Gasteiger partial charge < -0.3 is 5.11 Å². The van der Waals surface area contributed by atoms with Gasteiger partial charge in [0.1, 0.15) is 0 Å². The highest BCUT2D eigenvalue weighted by molar-refractivity contribution is 6.30. The third-order valence-electron chi connectivity index (χ3n) is 4.78. The maximum atomic E-state index is 12.7. The minimum atomic E-state index is -1.02. The molecular formula is C21H17ClN4O3. The number of carbonyl (C=O) groups excluding carboxylic acids is 1. The Morgan fingerprint density at radius 2 is 1.76 bits per heavy atom. The minimum Gasteiger partial charge on any atom is -0.481 e. The highest BCUT2D eigenvalue weighted by Crippen LogP contribution is 2.34. The Morgan fingerprint density at radius 1 is 1.03 bits per heavy atom. The average Bonchev–Trinajstić information content (AvgIpc) is 3.17. The van der Waals surface area contributed by atoms with Gasteiger partial charge in [-0.25, -0.2) is 5.01 Å². The second kappa shape index (κ2) is 7.97. The van der Waals surface area contributed by atoms with Crippen molar-refractivity contribution in [2.45, 2.75) is 25.3 Å². The van der Waals surface area contributed by atoms with E-state index in [1.54, 1.807) is 24.5 Å². The number of rotatable bonds is 5. The first kappa shape index (κ1) is 19.0. The van der Waals surface area contributed by atoms with E-state index < -0.39 is 5.97 Å². The van der Waals surface area contributed by atoms with Crippen LogP contribution >= 0.6 is 11.6 Å². The van der Waals surface area contributed by atoms with Gasteiger partial charge in [-0.1, -0.05) is 29.8 Å². The number of benzene rings is 2. The van der Waals surface area contributed by atoms with E-state index in [2.05, 4.69) is 15.1 Å². The number of nitrogens with zero attached hydrogens (tertiary/aromatic N) is 4. The van der Waals surface area contributed by atoms with Crippen LogP contribution in [0.4, 0.5) is 0 Å². The van der Waals surface area contributed by atoms with Gasteiger partial charge in [0.15, 0.2) is 0 Å². The molecule has 0 saturated carbocycles. The largest absolute Gasteiger partial charge is 0.481 e. The van der Waals surface area contributed by atoms with Gasteiger partial charge in [-0.2, -0.15) is 5.10 Å². The van der Waals surface area contributed by atoms with Crippen LogP contribution in [0.2, 0.25) is 5.02 Å². The topological polar surface area (TPSA) is 95.8 Å². The van der Waals surface area contributed by atoms with Crippen LogP contribution in [-0.2, 0) is 9.59 Å². The molecule has 0 spiro atoms. The lowest BCUT2D eigenvalue weighted by Crippen LogP contribution is -2.27. The van der Waals surface area contributed by atoms with E-state index in [0.717, 1.165) is 27.9 Å². The Kier molecular flexibility index (Phi) is 5.22. The summed E-state index contributed by atoms with van der Waals surface area (Å²) in [5.74, 6) is -1.35. The number of halogens is 1. The fourth-order valence-electron chi connectivity index (χ4n) is 3.33. The molecule has 2 heterocycles. The molecule has 1 amide bonds. The molecule has 2 aromatic carbocycles.